The molecule has 0 aromatic carbocycles. The molecule has 0 aliphatic carbocycles. The van der Waals surface area contributed by atoms with Crippen LogP contribution in [0, 0.1) is 0 Å². The van der Waals surface area contributed by atoms with Crippen molar-refractivity contribution in [3.8, 4) is 0 Å². The molecule has 1 unspecified atom stereocenters. The first-order chi connectivity index (χ1) is 6.27. The molecule has 0 radical (unpaired) electrons. The van der Waals surface area contributed by atoms with E-state index in [2.05, 4.69) is 10.2 Å². The predicted molar refractivity (Wildman–Crippen MR) is 56.1 cm³/mol. The molecule has 70 valence electrons. The van der Waals surface area contributed by atoms with Crippen molar-refractivity contribution in [2.75, 3.05) is 17.2 Å². The Morgan fingerprint density at radius 3 is 3.00 bits per heavy atom. The third kappa shape index (κ3) is 1.89. The van der Waals surface area contributed by atoms with E-state index in [1.165, 1.54) is 12.2 Å². The molecule has 5 heteroatoms. The Labute approximate surface area is 86.1 Å². The zero-order valence-electron chi connectivity index (χ0n) is 7.03. The van der Waals surface area contributed by atoms with E-state index in [-0.39, 0.29) is 0 Å². The fourth-order valence-corrected chi connectivity index (χ4v) is 2.75. The van der Waals surface area contributed by atoms with E-state index in [4.69, 9.17) is 17.3 Å². The van der Waals surface area contributed by atoms with Crippen molar-refractivity contribution in [1.82, 2.24) is 10.2 Å². The maximum absolute atomic E-state index is 5.86. The van der Waals surface area contributed by atoms with Crippen LogP contribution in [0.25, 0.3) is 0 Å². The summed E-state index contributed by atoms with van der Waals surface area (Å²) in [6.45, 7) is 0. The van der Waals surface area contributed by atoms with Gasteiger partial charge in [0.15, 0.2) is 5.82 Å². The van der Waals surface area contributed by atoms with Crippen molar-refractivity contribution in [3.05, 3.63) is 16.8 Å². The van der Waals surface area contributed by atoms with Crippen LogP contribution in [0.5, 0.6) is 0 Å². The Balaban J connectivity index is 2.25. The molecule has 13 heavy (non-hydrogen) atoms. The minimum Gasteiger partial charge on any atom is -0.381 e. The van der Waals surface area contributed by atoms with Crippen LogP contribution in [0.15, 0.2) is 6.07 Å². The highest BCUT2D eigenvalue weighted by molar-refractivity contribution is 7.99. The van der Waals surface area contributed by atoms with Crippen molar-refractivity contribution < 1.29 is 0 Å². The molecular weight excluding hydrogens is 206 g/mol. The Morgan fingerprint density at radius 1 is 1.54 bits per heavy atom. The van der Waals surface area contributed by atoms with Crippen LogP contribution >= 0.6 is 23.4 Å². The molecule has 1 fully saturated rings. The van der Waals surface area contributed by atoms with Gasteiger partial charge in [-0.3, -0.25) is 0 Å². The number of rotatable bonds is 1. The summed E-state index contributed by atoms with van der Waals surface area (Å²) in [5, 5.41) is 8.37. The average molecular weight is 216 g/mol. The number of thioether (sulfide) groups is 1. The van der Waals surface area contributed by atoms with Gasteiger partial charge in [-0.2, -0.15) is 16.9 Å². The molecule has 2 heterocycles. The number of nitrogens with zero attached hydrogens (tertiary/aromatic N) is 2. The molecule has 0 spiro atoms. The second-order valence-corrected chi connectivity index (χ2v) is 4.62. The summed E-state index contributed by atoms with van der Waals surface area (Å²) in [6, 6.07) is 1.83. The molecule has 0 bridgehead atoms. The van der Waals surface area contributed by atoms with Crippen molar-refractivity contribution in [3.63, 3.8) is 0 Å². The van der Waals surface area contributed by atoms with Gasteiger partial charge in [0, 0.05) is 11.7 Å². The molecule has 1 aromatic heterocycles. The van der Waals surface area contributed by atoms with E-state index in [9.17, 15) is 0 Å². The van der Waals surface area contributed by atoms with E-state index in [0.717, 1.165) is 11.4 Å². The van der Waals surface area contributed by atoms with E-state index in [1.54, 1.807) is 0 Å². The third-order valence-corrected chi connectivity index (χ3v) is 3.61. The van der Waals surface area contributed by atoms with Crippen molar-refractivity contribution in [2.24, 2.45) is 0 Å². The van der Waals surface area contributed by atoms with Gasteiger partial charge >= 0.3 is 0 Å². The minimum atomic E-state index is 0.316. The zero-order chi connectivity index (χ0) is 9.26. The van der Waals surface area contributed by atoms with E-state index >= 15 is 0 Å². The summed E-state index contributed by atoms with van der Waals surface area (Å²) in [7, 11) is 0. The molecule has 2 rings (SSSR count). The normalized spacial score (nSPS) is 22.1. The smallest absolute Gasteiger partial charge is 0.164 e. The van der Waals surface area contributed by atoms with Gasteiger partial charge in [-0.15, -0.1) is 5.10 Å². The molecule has 1 atom stereocenters. The number of nitrogen functional groups attached to an aromatic ring is 1. The number of hydrogen-bond donors (Lipinski definition) is 1. The van der Waals surface area contributed by atoms with E-state index < -0.39 is 0 Å². The molecule has 0 amide bonds. The predicted octanol–water partition coefficient (Wildman–Crippen LogP) is 1.93. The van der Waals surface area contributed by atoms with Gasteiger partial charge in [0.05, 0.1) is 10.7 Å². The highest BCUT2D eigenvalue weighted by Crippen LogP contribution is 2.32. The minimum absolute atomic E-state index is 0.316. The topological polar surface area (TPSA) is 51.8 Å². The Kier molecular flexibility index (Phi) is 2.60. The standard InChI is InChI=1S/C8H10ClN3S/c9-6-3-7(11-12-8(6)10)5-1-2-13-4-5/h3,5H,1-2,4H2,(H2,10,12). The van der Waals surface area contributed by atoms with Crippen LogP contribution < -0.4 is 5.73 Å². The molecule has 1 aromatic rings. The summed E-state index contributed by atoms with van der Waals surface area (Å²) in [4.78, 5) is 0. The number of aromatic nitrogens is 2. The second-order valence-electron chi connectivity index (χ2n) is 3.06. The van der Waals surface area contributed by atoms with Crippen molar-refractivity contribution in [1.29, 1.82) is 0 Å². The van der Waals surface area contributed by atoms with Crippen LogP contribution in [0.4, 0.5) is 5.82 Å². The van der Waals surface area contributed by atoms with Gasteiger partial charge < -0.3 is 5.73 Å². The SMILES string of the molecule is Nc1nnc(C2CCSC2)cc1Cl. The number of hydrogen-bond acceptors (Lipinski definition) is 4. The van der Waals surface area contributed by atoms with Crippen molar-refractivity contribution >= 4 is 29.2 Å². The molecule has 3 nitrogen and oxygen atoms in total. The highest BCUT2D eigenvalue weighted by Gasteiger charge is 2.19. The third-order valence-electron chi connectivity index (χ3n) is 2.14. The van der Waals surface area contributed by atoms with Crippen LogP contribution in [-0.2, 0) is 0 Å². The lowest BCUT2D eigenvalue weighted by Crippen LogP contribution is -2.03. The maximum atomic E-state index is 5.86. The van der Waals surface area contributed by atoms with Gasteiger partial charge in [0.1, 0.15) is 0 Å². The van der Waals surface area contributed by atoms with Crippen LogP contribution in [-0.4, -0.2) is 21.7 Å². The first kappa shape index (κ1) is 9.09. The van der Waals surface area contributed by atoms with E-state index in [0.29, 0.717) is 16.8 Å². The largest absolute Gasteiger partial charge is 0.381 e. The molecule has 1 aliphatic heterocycles. The van der Waals surface area contributed by atoms with E-state index in [1.807, 2.05) is 17.8 Å². The first-order valence-corrected chi connectivity index (χ1v) is 5.67. The van der Waals surface area contributed by atoms with Gasteiger partial charge in [0.2, 0.25) is 0 Å². The quantitative estimate of drug-likeness (QED) is 0.778. The molecule has 1 saturated heterocycles. The summed E-state index contributed by atoms with van der Waals surface area (Å²) in [5.41, 5.74) is 6.45. The lowest BCUT2D eigenvalue weighted by atomic mass is 10.1. The summed E-state index contributed by atoms with van der Waals surface area (Å²) < 4.78 is 0. The van der Waals surface area contributed by atoms with Gasteiger partial charge in [0.25, 0.3) is 0 Å². The number of nitrogens with two attached hydrogens (primary N) is 1. The summed E-state index contributed by atoms with van der Waals surface area (Å²) >= 11 is 7.80. The maximum Gasteiger partial charge on any atom is 0.164 e. The van der Waals surface area contributed by atoms with Gasteiger partial charge in [-0.25, -0.2) is 0 Å². The average Bonchev–Trinajstić information content (AvgIpc) is 2.62. The molecular formula is C8H10ClN3S. The van der Waals surface area contributed by atoms with Gasteiger partial charge in [-0.05, 0) is 18.2 Å². The number of anilines is 1. The molecule has 2 N–H and O–H groups in total. The van der Waals surface area contributed by atoms with Crippen LogP contribution in [0.2, 0.25) is 5.02 Å². The Hall–Kier alpha value is -0.480. The fraction of sp³-hybridized carbons (Fsp3) is 0.500. The summed E-state index contributed by atoms with van der Waals surface area (Å²) in [5.74, 6) is 3.15. The highest BCUT2D eigenvalue weighted by atomic mass is 35.5. The summed E-state index contributed by atoms with van der Waals surface area (Å²) in [6.07, 6.45) is 1.17. The van der Waals surface area contributed by atoms with Crippen molar-refractivity contribution in [2.45, 2.75) is 12.3 Å². The van der Waals surface area contributed by atoms with Crippen LogP contribution in [0.1, 0.15) is 18.0 Å². The Bertz CT molecular complexity index is 312. The molecule has 1 aliphatic rings. The fourth-order valence-electron chi connectivity index (χ4n) is 1.36. The van der Waals surface area contributed by atoms with Crippen LogP contribution in [0.3, 0.4) is 0 Å². The molecule has 0 saturated carbocycles. The van der Waals surface area contributed by atoms with Gasteiger partial charge in [-0.1, -0.05) is 11.6 Å². The zero-order valence-corrected chi connectivity index (χ0v) is 8.61. The monoisotopic (exact) mass is 215 g/mol. The second kappa shape index (κ2) is 3.72. The lowest BCUT2D eigenvalue weighted by molar-refractivity contribution is 0.730. The lowest BCUT2D eigenvalue weighted by Gasteiger charge is -2.06. The first-order valence-electron chi connectivity index (χ1n) is 4.13. The Morgan fingerprint density at radius 2 is 2.38 bits per heavy atom. The number of halogens is 1.